The van der Waals surface area contributed by atoms with Crippen LogP contribution >= 0.6 is 0 Å². The number of allylic oxidation sites excluding steroid dienone is 1. The molecule has 0 spiro atoms. The van der Waals surface area contributed by atoms with Crippen molar-refractivity contribution in [2.45, 2.75) is 33.6 Å². The Morgan fingerprint density at radius 2 is 1.83 bits per heavy atom. The number of esters is 1. The van der Waals surface area contributed by atoms with Gasteiger partial charge in [0.2, 0.25) is 0 Å². The molecule has 0 amide bonds. The van der Waals surface area contributed by atoms with E-state index in [2.05, 4.69) is 42.1 Å². The zero-order valence-corrected chi connectivity index (χ0v) is 11.5. The van der Waals surface area contributed by atoms with Gasteiger partial charge in [0.15, 0.2) is 0 Å². The van der Waals surface area contributed by atoms with Crippen LogP contribution < -0.4 is 5.32 Å². The standard InChI is InChI=1S/C15H21NO2/c1-5-12-8-7-9-13(6-2)15(12)16-11(3)10-14(17)18-4/h7-10,16H,5-6H2,1-4H3/b11-10+. The number of para-hydroxylation sites is 1. The maximum absolute atomic E-state index is 11.2. The maximum Gasteiger partial charge on any atom is 0.332 e. The molecular formula is C15H21NO2. The highest BCUT2D eigenvalue weighted by atomic mass is 16.5. The van der Waals surface area contributed by atoms with Gasteiger partial charge in [-0.1, -0.05) is 32.0 Å². The highest BCUT2D eigenvalue weighted by Crippen LogP contribution is 2.23. The molecule has 0 unspecified atom stereocenters. The second-order valence-corrected chi connectivity index (χ2v) is 4.13. The van der Waals surface area contributed by atoms with Crippen LogP contribution in [-0.4, -0.2) is 13.1 Å². The monoisotopic (exact) mass is 247 g/mol. The number of nitrogens with one attached hydrogen (secondary N) is 1. The van der Waals surface area contributed by atoms with Crippen LogP contribution in [0, 0.1) is 0 Å². The Balaban J connectivity index is 3.02. The average Bonchev–Trinajstić information content (AvgIpc) is 2.38. The SMILES string of the molecule is CCc1cccc(CC)c1N/C(C)=C/C(=O)OC. The number of aryl methyl sites for hydroxylation is 2. The molecule has 1 aromatic carbocycles. The Hall–Kier alpha value is -1.77. The van der Waals surface area contributed by atoms with E-state index >= 15 is 0 Å². The predicted octanol–water partition coefficient (Wildman–Crippen LogP) is 3.30. The Bertz CT molecular complexity index is 428. The maximum atomic E-state index is 11.2. The molecule has 3 heteroatoms. The lowest BCUT2D eigenvalue weighted by molar-refractivity contribution is -0.134. The smallest absolute Gasteiger partial charge is 0.332 e. The van der Waals surface area contributed by atoms with Gasteiger partial charge in [-0.25, -0.2) is 4.79 Å². The molecule has 0 aliphatic rings. The Morgan fingerprint density at radius 3 is 2.28 bits per heavy atom. The molecule has 0 aromatic heterocycles. The molecule has 0 aliphatic carbocycles. The van der Waals surface area contributed by atoms with E-state index in [1.165, 1.54) is 24.3 Å². The average molecular weight is 247 g/mol. The third-order valence-electron chi connectivity index (χ3n) is 2.86. The lowest BCUT2D eigenvalue weighted by Gasteiger charge is -2.15. The molecule has 0 aliphatic heterocycles. The molecule has 18 heavy (non-hydrogen) atoms. The van der Waals surface area contributed by atoms with Gasteiger partial charge in [0.05, 0.1) is 7.11 Å². The summed E-state index contributed by atoms with van der Waals surface area (Å²) in [6.07, 6.45) is 3.38. The van der Waals surface area contributed by atoms with Crippen LogP contribution in [-0.2, 0) is 22.4 Å². The molecule has 0 bridgehead atoms. The number of ether oxygens (including phenoxy) is 1. The van der Waals surface area contributed by atoms with Crippen molar-refractivity contribution in [3.05, 3.63) is 41.1 Å². The van der Waals surface area contributed by atoms with Crippen LogP contribution in [0.25, 0.3) is 0 Å². The zero-order chi connectivity index (χ0) is 13.5. The van der Waals surface area contributed by atoms with Crippen molar-refractivity contribution in [2.24, 2.45) is 0 Å². The van der Waals surface area contributed by atoms with Gasteiger partial charge in [-0.2, -0.15) is 0 Å². The first kappa shape index (κ1) is 14.3. The molecule has 3 nitrogen and oxygen atoms in total. The number of benzene rings is 1. The zero-order valence-electron chi connectivity index (χ0n) is 11.5. The second kappa shape index (κ2) is 6.84. The van der Waals surface area contributed by atoms with E-state index in [9.17, 15) is 4.79 Å². The number of anilines is 1. The van der Waals surface area contributed by atoms with Gasteiger partial charge >= 0.3 is 5.97 Å². The molecule has 1 N–H and O–H groups in total. The van der Waals surface area contributed by atoms with Gasteiger partial charge in [-0.15, -0.1) is 0 Å². The molecular weight excluding hydrogens is 226 g/mol. The summed E-state index contributed by atoms with van der Waals surface area (Å²) in [6.45, 7) is 6.11. The van der Waals surface area contributed by atoms with Crippen molar-refractivity contribution in [1.82, 2.24) is 0 Å². The summed E-state index contributed by atoms with van der Waals surface area (Å²) in [4.78, 5) is 11.2. The molecule has 0 atom stereocenters. The summed E-state index contributed by atoms with van der Waals surface area (Å²) in [5, 5.41) is 3.31. The minimum atomic E-state index is -0.341. The summed E-state index contributed by atoms with van der Waals surface area (Å²) in [5.41, 5.74) is 4.41. The highest BCUT2D eigenvalue weighted by molar-refractivity contribution is 5.83. The van der Waals surface area contributed by atoms with E-state index in [1.54, 1.807) is 0 Å². The number of rotatable bonds is 5. The second-order valence-electron chi connectivity index (χ2n) is 4.13. The van der Waals surface area contributed by atoms with Crippen molar-refractivity contribution < 1.29 is 9.53 Å². The van der Waals surface area contributed by atoms with Crippen molar-refractivity contribution in [3.63, 3.8) is 0 Å². The van der Waals surface area contributed by atoms with Gasteiger partial charge in [-0.3, -0.25) is 0 Å². The number of carbonyl (C=O) groups excluding carboxylic acids is 1. The lowest BCUT2D eigenvalue weighted by atomic mass is 10.0. The van der Waals surface area contributed by atoms with Crippen LogP contribution in [0.5, 0.6) is 0 Å². The summed E-state index contributed by atoms with van der Waals surface area (Å²) >= 11 is 0. The van der Waals surface area contributed by atoms with Crippen molar-refractivity contribution in [3.8, 4) is 0 Å². The van der Waals surface area contributed by atoms with Crippen LogP contribution in [0.4, 0.5) is 5.69 Å². The quantitative estimate of drug-likeness (QED) is 0.641. The predicted molar refractivity (Wildman–Crippen MR) is 74.6 cm³/mol. The van der Waals surface area contributed by atoms with Gasteiger partial charge in [-0.05, 0) is 30.9 Å². The Kier molecular flexibility index (Phi) is 5.43. The van der Waals surface area contributed by atoms with Gasteiger partial charge in [0.1, 0.15) is 0 Å². The molecule has 0 saturated heterocycles. The lowest BCUT2D eigenvalue weighted by Crippen LogP contribution is -2.06. The summed E-state index contributed by atoms with van der Waals surface area (Å²) in [7, 11) is 1.38. The van der Waals surface area contributed by atoms with Crippen molar-refractivity contribution in [1.29, 1.82) is 0 Å². The van der Waals surface area contributed by atoms with E-state index in [1.807, 2.05) is 6.92 Å². The van der Waals surface area contributed by atoms with Gasteiger partial charge in [0, 0.05) is 17.5 Å². The van der Waals surface area contributed by atoms with Crippen molar-refractivity contribution in [2.75, 3.05) is 12.4 Å². The summed E-state index contributed by atoms with van der Waals surface area (Å²) < 4.78 is 4.62. The minimum absolute atomic E-state index is 0.341. The first-order valence-corrected chi connectivity index (χ1v) is 6.26. The van der Waals surface area contributed by atoms with Gasteiger partial charge < -0.3 is 10.1 Å². The largest absolute Gasteiger partial charge is 0.466 e. The fourth-order valence-corrected chi connectivity index (χ4v) is 1.87. The minimum Gasteiger partial charge on any atom is -0.466 e. The molecule has 0 fully saturated rings. The van der Waals surface area contributed by atoms with E-state index in [0.717, 1.165) is 24.2 Å². The van der Waals surface area contributed by atoms with Crippen LogP contribution in [0.2, 0.25) is 0 Å². The fourth-order valence-electron chi connectivity index (χ4n) is 1.87. The number of hydrogen-bond donors (Lipinski definition) is 1. The number of hydrogen-bond acceptors (Lipinski definition) is 3. The number of carbonyl (C=O) groups is 1. The molecule has 1 aromatic rings. The van der Waals surface area contributed by atoms with E-state index in [4.69, 9.17) is 0 Å². The first-order chi connectivity index (χ1) is 8.62. The highest BCUT2D eigenvalue weighted by Gasteiger charge is 2.06. The Morgan fingerprint density at radius 1 is 1.28 bits per heavy atom. The normalized spacial score (nSPS) is 11.2. The van der Waals surface area contributed by atoms with E-state index < -0.39 is 0 Å². The Labute approximate surface area is 109 Å². The summed E-state index contributed by atoms with van der Waals surface area (Å²) in [6, 6.07) is 6.28. The first-order valence-electron chi connectivity index (χ1n) is 6.26. The topological polar surface area (TPSA) is 38.3 Å². The van der Waals surface area contributed by atoms with Gasteiger partial charge in [0.25, 0.3) is 0 Å². The number of methoxy groups -OCH3 is 1. The van der Waals surface area contributed by atoms with Crippen LogP contribution in [0.3, 0.4) is 0 Å². The van der Waals surface area contributed by atoms with E-state index in [0.29, 0.717) is 0 Å². The molecule has 0 radical (unpaired) electrons. The molecule has 0 saturated carbocycles. The molecule has 1 rings (SSSR count). The third-order valence-corrected chi connectivity index (χ3v) is 2.86. The van der Waals surface area contributed by atoms with Crippen LogP contribution in [0.15, 0.2) is 30.0 Å². The van der Waals surface area contributed by atoms with Crippen molar-refractivity contribution >= 4 is 11.7 Å². The molecule has 0 heterocycles. The van der Waals surface area contributed by atoms with Crippen LogP contribution in [0.1, 0.15) is 31.9 Å². The van der Waals surface area contributed by atoms with E-state index in [-0.39, 0.29) is 5.97 Å². The molecule has 98 valence electrons. The third kappa shape index (κ3) is 3.62. The fraction of sp³-hybridized carbons (Fsp3) is 0.400. The summed E-state index contributed by atoms with van der Waals surface area (Å²) in [5.74, 6) is -0.341.